The molecule has 4 aliphatic carbocycles. The van der Waals surface area contributed by atoms with E-state index < -0.39 is 222 Å². The van der Waals surface area contributed by atoms with Gasteiger partial charge in [-0.1, -0.05) is 53.9 Å². The fourth-order valence-corrected chi connectivity index (χ4v) is 20.1. The number of fused-ring (bicyclic) bond motifs is 5. The summed E-state index contributed by atoms with van der Waals surface area (Å²) in [6, 6.07) is 0. The van der Waals surface area contributed by atoms with Crippen molar-refractivity contribution in [3.63, 3.8) is 0 Å². The second-order valence-electron chi connectivity index (χ2n) is 26.1. The van der Waals surface area contributed by atoms with Gasteiger partial charge in [0.1, 0.15) is 54.9 Å². The zero-order valence-corrected chi connectivity index (χ0v) is 61.3. The quantitative estimate of drug-likeness (QED) is 0.0279. The highest BCUT2D eigenvalue weighted by Crippen LogP contribution is 2.69. The summed E-state index contributed by atoms with van der Waals surface area (Å²) in [6.07, 6.45) is -40.8. The van der Waals surface area contributed by atoms with Crippen molar-refractivity contribution in [3.8, 4) is 0 Å². The summed E-state index contributed by atoms with van der Waals surface area (Å²) in [6.45, 7) is 5.20. The van der Waals surface area contributed by atoms with E-state index in [1.807, 2.05) is 0 Å². The Bertz CT molecular complexity index is 4090. The van der Waals surface area contributed by atoms with Crippen molar-refractivity contribution in [2.45, 2.75) is 210 Å². The van der Waals surface area contributed by atoms with Gasteiger partial charge in [-0.25, -0.2) is 41.8 Å². The fourth-order valence-electron chi connectivity index (χ4n) is 15.8. The van der Waals surface area contributed by atoms with Crippen LogP contribution in [0.25, 0.3) is 0 Å². The van der Waals surface area contributed by atoms with Crippen LogP contribution in [0.15, 0.2) is 0 Å². The van der Waals surface area contributed by atoms with Gasteiger partial charge in [-0.2, -0.15) is 84.2 Å². The van der Waals surface area contributed by atoms with Crippen LogP contribution in [-0.4, -0.2) is 248 Å². The van der Waals surface area contributed by atoms with Crippen molar-refractivity contribution in [1.82, 2.24) is 0 Å². The Labute approximate surface area is 582 Å². The standard InChI is InChI=1S/C45H78O46S10/c1-21(2)7-6-8-22(3)26-11-12-27-25-10-9-23-17-24(13-15-44(23,4)28(25)14-16-45(26,27)5)79-41-38(89-99(67,68)69)35(86-96(58,59)60)32(29(80-41)18-76-92(46,47)48)83-42-39(90-100(70,71)72)36(87-97(61,62)63)33(30(81-42)19-77-93(49,50)51)84-43-40(91-101(73,74)75)37(88-98(64,65)66)34(85-95(55,56)57)31(82-43)20-78-94(52,53)54/h21-43H,6-20H2,1-5H3,(H,46,47,48)(H,49,50,51)(H,52,53,54)(H,55,56,57)(H,58,59,60)(H,61,62,63)(H,64,65,66)(H,67,68,69)(H,70,71,72)(H,73,74,75)/t22-,23+,24+,25+,26-,27+,28+,29-,30-,31-,32-,33-,34-,35+,36+,37+,38-,39-,40-,41-,42-,43-,44+,45-/m1/s1. The van der Waals surface area contributed by atoms with E-state index in [-0.39, 0.29) is 35.5 Å². The van der Waals surface area contributed by atoms with Gasteiger partial charge in [-0.15, -0.1) is 0 Å². The highest BCUT2D eigenvalue weighted by atomic mass is 32.3. The van der Waals surface area contributed by atoms with Gasteiger partial charge in [0.2, 0.25) is 0 Å². The molecule has 0 spiro atoms. The molecule has 7 aliphatic rings. The Kier molecular flexibility index (Phi) is 27.6. The van der Waals surface area contributed by atoms with E-state index in [4.69, 9.17) is 36.8 Å². The molecule has 3 saturated heterocycles. The second kappa shape index (κ2) is 32.2. The molecule has 24 atom stereocenters. The van der Waals surface area contributed by atoms with Crippen LogP contribution >= 0.6 is 0 Å². The zero-order chi connectivity index (χ0) is 76.2. The maximum atomic E-state index is 13.0. The summed E-state index contributed by atoms with van der Waals surface area (Å²) in [5.41, 5.74) is -0.277. The largest absolute Gasteiger partial charge is 0.397 e. The average Bonchev–Trinajstić information content (AvgIpc) is 1.69. The predicted octanol–water partition coefficient (Wildman–Crippen LogP) is -0.788. The zero-order valence-electron chi connectivity index (χ0n) is 53.1. The lowest BCUT2D eigenvalue weighted by atomic mass is 9.44. The molecule has 0 amide bonds. The van der Waals surface area contributed by atoms with Gasteiger partial charge in [-0.3, -0.25) is 45.5 Å². The van der Waals surface area contributed by atoms with Gasteiger partial charge >= 0.3 is 104 Å². The van der Waals surface area contributed by atoms with Gasteiger partial charge < -0.3 is 28.4 Å². The van der Waals surface area contributed by atoms with Gasteiger partial charge in [0.25, 0.3) is 0 Å². The van der Waals surface area contributed by atoms with Crippen LogP contribution in [0.5, 0.6) is 0 Å². The monoisotopic (exact) mass is 1670 g/mol. The van der Waals surface area contributed by atoms with Crippen LogP contribution in [0.3, 0.4) is 0 Å². The molecule has 0 aromatic heterocycles. The van der Waals surface area contributed by atoms with Crippen LogP contribution in [0, 0.1) is 52.3 Å². The van der Waals surface area contributed by atoms with Crippen LogP contribution < -0.4 is 0 Å². The Morgan fingerprint density at radius 3 is 1.08 bits per heavy atom. The third-order valence-corrected chi connectivity index (χ3v) is 23.8. The minimum atomic E-state index is -6.54. The molecule has 56 heteroatoms. The highest BCUT2D eigenvalue weighted by molar-refractivity contribution is 7.83. The fraction of sp³-hybridized carbons (Fsp3) is 1.00. The molecular formula is C45H78O46S10. The Morgan fingerprint density at radius 1 is 0.366 bits per heavy atom. The number of hydrogen-bond acceptors (Lipinski definition) is 36. The second-order valence-corrected chi connectivity index (χ2v) is 36.7. The first-order chi connectivity index (χ1) is 45.7. The van der Waals surface area contributed by atoms with Crippen molar-refractivity contribution < 1.29 is 200 Å². The van der Waals surface area contributed by atoms with Crippen molar-refractivity contribution in [3.05, 3.63) is 0 Å². The molecule has 101 heavy (non-hydrogen) atoms. The maximum absolute atomic E-state index is 13.0. The molecule has 0 bridgehead atoms. The number of hydrogen-bond donors (Lipinski definition) is 10. The first-order valence-corrected chi connectivity index (χ1v) is 43.7. The summed E-state index contributed by atoms with van der Waals surface area (Å²) >= 11 is 0. The molecule has 0 aromatic rings. The average molecular weight is 1680 g/mol. The normalized spacial score (nSPS) is 37.8. The molecule has 3 heterocycles. The van der Waals surface area contributed by atoms with E-state index in [1.165, 1.54) is 0 Å². The van der Waals surface area contributed by atoms with E-state index in [2.05, 4.69) is 68.1 Å². The van der Waals surface area contributed by atoms with Crippen LogP contribution in [0.4, 0.5) is 0 Å². The third kappa shape index (κ3) is 25.0. The SMILES string of the molecule is CC(C)CCC[C@@H](C)[C@H]1CC[C@H]2[C@@H]3CC[C@H]4C[C@@H](O[C@@H]5O[C@H](COS(=O)(=O)O)[C@@H](O[C@H]6O[C@H](COS(=O)(=O)O)[C@@H](O[C@H]7O[C@H](COS(=O)(=O)O)[C@@H](OS(=O)(=O)O)[C@H](OS(=O)(=O)O)[C@H]7OS(=O)(=O)O)[C@H](OS(=O)(=O)O)[C@H]6OS(=O)(=O)O)[C@H](OS(=O)(=O)O)[C@H]5OS(=O)(=O)O)CC[C@]4(C)[C@H]3CC[C@]12C. The molecule has 7 rings (SSSR count). The van der Waals surface area contributed by atoms with Gasteiger partial charge in [0.05, 0.1) is 25.9 Å². The summed E-state index contributed by atoms with van der Waals surface area (Å²) in [5.74, 6) is 2.35. The van der Waals surface area contributed by atoms with E-state index in [0.29, 0.717) is 42.4 Å². The van der Waals surface area contributed by atoms with E-state index in [1.54, 1.807) is 0 Å². The van der Waals surface area contributed by atoms with Gasteiger partial charge in [0.15, 0.2) is 37.2 Å². The summed E-state index contributed by atoms with van der Waals surface area (Å²) < 4.78 is 427. The van der Waals surface area contributed by atoms with E-state index in [9.17, 15) is 130 Å². The lowest BCUT2D eigenvalue weighted by Gasteiger charge is -2.61. The third-order valence-electron chi connectivity index (χ3n) is 19.3. The van der Waals surface area contributed by atoms with Crippen LogP contribution in [0.2, 0.25) is 0 Å². The molecule has 0 aromatic carbocycles. The summed E-state index contributed by atoms with van der Waals surface area (Å²) in [5, 5.41) is 0. The number of rotatable bonds is 34. The highest BCUT2D eigenvalue weighted by Gasteiger charge is 2.64. The molecule has 0 radical (unpaired) electrons. The summed E-state index contributed by atoms with van der Waals surface area (Å²) in [4.78, 5) is 0. The Balaban J connectivity index is 1.31. The predicted molar refractivity (Wildman–Crippen MR) is 321 cm³/mol. The summed E-state index contributed by atoms with van der Waals surface area (Å²) in [7, 11) is -62.2. The van der Waals surface area contributed by atoms with E-state index >= 15 is 0 Å². The molecule has 594 valence electrons. The van der Waals surface area contributed by atoms with Gasteiger partial charge in [-0.05, 0) is 110 Å². The number of ether oxygens (including phenoxy) is 6. The smallest absolute Gasteiger partial charge is 0.347 e. The molecule has 4 saturated carbocycles. The van der Waals surface area contributed by atoms with Crippen molar-refractivity contribution in [2.75, 3.05) is 19.8 Å². The van der Waals surface area contributed by atoms with Gasteiger partial charge in [0, 0.05) is 0 Å². The lowest BCUT2D eigenvalue weighted by Crippen LogP contribution is -2.69. The first-order valence-electron chi connectivity index (χ1n) is 30.1. The molecule has 7 fully saturated rings. The van der Waals surface area contributed by atoms with Crippen LogP contribution in [-0.2, 0) is 174 Å². The molecule has 46 nitrogen and oxygen atoms in total. The van der Waals surface area contributed by atoms with Crippen molar-refractivity contribution in [2.24, 2.45) is 52.3 Å². The van der Waals surface area contributed by atoms with Crippen molar-refractivity contribution >= 4 is 104 Å². The minimum Gasteiger partial charge on any atom is -0.347 e. The maximum Gasteiger partial charge on any atom is 0.397 e. The molecule has 0 unspecified atom stereocenters. The molecule has 10 N–H and O–H groups in total. The van der Waals surface area contributed by atoms with Crippen LogP contribution in [0.1, 0.15) is 112 Å². The lowest BCUT2D eigenvalue weighted by molar-refractivity contribution is -0.371. The Hall–Kier alpha value is -1.54. The van der Waals surface area contributed by atoms with Crippen molar-refractivity contribution in [1.29, 1.82) is 0 Å². The Morgan fingerprint density at radius 2 is 0.703 bits per heavy atom. The van der Waals surface area contributed by atoms with E-state index in [0.717, 1.165) is 51.4 Å². The topological polar surface area (TPSA) is 691 Å². The molecule has 3 aliphatic heterocycles. The molecular weight excluding hydrogens is 1600 g/mol. The first kappa shape index (κ1) is 86.7. The minimum absolute atomic E-state index is 0.0819.